The molecule has 0 spiro atoms. The molecule has 0 unspecified atom stereocenters. The molecule has 0 bridgehead atoms. The first-order valence-electron chi connectivity index (χ1n) is 6.31. The molecule has 2 aromatic rings. The maximum atomic E-state index is 13.5. The Morgan fingerprint density at radius 3 is 2.40 bits per heavy atom. The minimum atomic E-state index is -0.505. The summed E-state index contributed by atoms with van der Waals surface area (Å²) in [7, 11) is 0. The fraction of sp³-hybridized carbons (Fsp3) is 0.188. The third-order valence-electron chi connectivity index (χ3n) is 3.08. The molecule has 2 rings (SSSR count). The lowest BCUT2D eigenvalue weighted by Crippen LogP contribution is -2.27. The molecule has 2 aromatic carbocycles. The Balaban J connectivity index is 2.09. The highest BCUT2D eigenvalue weighted by Crippen LogP contribution is 2.19. The van der Waals surface area contributed by atoms with E-state index in [0.717, 1.165) is 5.56 Å². The Morgan fingerprint density at radius 1 is 1.15 bits per heavy atom. The van der Waals surface area contributed by atoms with Crippen LogP contribution >= 0.6 is 11.8 Å². The molecule has 104 valence electrons. The summed E-state index contributed by atoms with van der Waals surface area (Å²) >= 11 is 1.67. The number of carbonyl (C=O) groups excluding carboxylic acids is 1. The molecule has 0 aliphatic heterocycles. The van der Waals surface area contributed by atoms with Crippen LogP contribution in [0.3, 0.4) is 0 Å². The van der Waals surface area contributed by atoms with Gasteiger partial charge in [-0.1, -0.05) is 24.3 Å². The number of halogens is 1. The molecule has 0 saturated heterocycles. The molecule has 0 aromatic heterocycles. The Morgan fingerprint density at radius 2 is 1.80 bits per heavy atom. The van der Waals surface area contributed by atoms with Crippen molar-refractivity contribution in [1.29, 1.82) is 0 Å². The molecule has 0 fully saturated rings. The minimum absolute atomic E-state index is 0.0695. The highest BCUT2D eigenvalue weighted by molar-refractivity contribution is 7.98. The van der Waals surface area contributed by atoms with E-state index in [2.05, 4.69) is 5.32 Å². The number of rotatable bonds is 4. The molecule has 1 atom stereocenters. The van der Waals surface area contributed by atoms with Gasteiger partial charge in [0.25, 0.3) is 5.91 Å². The highest BCUT2D eigenvalue weighted by atomic mass is 32.2. The van der Waals surface area contributed by atoms with Crippen LogP contribution in [0.15, 0.2) is 53.4 Å². The van der Waals surface area contributed by atoms with E-state index in [0.29, 0.717) is 0 Å². The van der Waals surface area contributed by atoms with Crippen LogP contribution in [-0.4, -0.2) is 12.2 Å². The highest BCUT2D eigenvalue weighted by Gasteiger charge is 2.14. The molecule has 1 amide bonds. The second-order valence-electron chi connectivity index (χ2n) is 4.45. The number of nitrogens with one attached hydrogen (secondary N) is 1. The maximum absolute atomic E-state index is 13.5. The van der Waals surface area contributed by atoms with Crippen molar-refractivity contribution < 1.29 is 9.18 Å². The topological polar surface area (TPSA) is 29.1 Å². The van der Waals surface area contributed by atoms with Crippen molar-refractivity contribution in [2.24, 2.45) is 0 Å². The van der Waals surface area contributed by atoms with E-state index in [1.807, 2.05) is 37.4 Å². The molecular weight excluding hydrogens is 273 g/mol. The molecule has 0 radical (unpaired) electrons. The molecule has 1 N–H and O–H groups in total. The lowest BCUT2D eigenvalue weighted by molar-refractivity contribution is 0.0936. The van der Waals surface area contributed by atoms with Gasteiger partial charge in [-0.05, 0) is 43.0 Å². The van der Waals surface area contributed by atoms with Gasteiger partial charge >= 0.3 is 0 Å². The summed E-state index contributed by atoms with van der Waals surface area (Å²) in [6, 6.07) is 13.8. The van der Waals surface area contributed by atoms with E-state index in [4.69, 9.17) is 0 Å². The van der Waals surface area contributed by atoms with Crippen LogP contribution in [0.4, 0.5) is 4.39 Å². The van der Waals surface area contributed by atoms with Crippen molar-refractivity contribution in [3.63, 3.8) is 0 Å². The molecule has 4 heteroatoms. The summed E-state index contributed by atoms with van der Waals surface area (Å²) in [6.07, 6.45) is 2.01. The first-order chi connectivity index (χ1) is 9.61. The number of hydrogen-bond donors (Lipinski definition) is 1. The van der Waals surface area contributed by atoms with Gasteiger partial charge in [-0.15, -0.1) is 11.8 Å². The minimum Gasteiger partial charge on any atom is -0.345 e. The summed E-state index contributed by atoms with van der Waals surface area (Å²) < 4.78 is 13.5. The van der Waals surface area contributed by atoms with Gasteiger partial charge < -0.3 is 5.32 Å². The standard InChI is InChI=1S/C16H16FNOS/c1-11(12-7-9-13(20-2)10-8-12)18-16(19)14-5-3-4-6-15(14)17/h3-11H,1-2H3,(H,18,19)/t11-/m0/s1. The summed E-state index contributed by atoms with van der Waals surface area (Å²) in [5, 5.41) is 2.81. The number of benzene rings is 2. The van der Waals surface area contributed by atoms with Gasteiger partial charge in [0.2, 0.25) is 0 Å². The third kappa shape index (κ3) is 3.39. The van der Waals surface area contributed by atoms with Crippen LogP contribution in [0, 0.1) is 5.82 Å². The Labute approximate surface area is 122 Å². The molecular formula is C16H16FNOS. The van der Waals surface area contributed by atoms with Crippen LogP contribution in [0.25, 0.3) is 0 Å². The van der Waals surface area contributed by atoms with Gasteiger partial charge in [0.05, 0.1) is 11.6 Å². The summed E-state index contributed by atoms with van der Waals surface area (Å²) in [6.45, 7) is 1.88. The van der Waals surface area contributed by atoms with Crippen LogP contribution < -0.4 is 5.32 Å². The number of carbonyl (C=O) groups is 1. The summed E-state index contributed by atoms with van der Waals surface area (Å²) in [5.74, 6) is -0.903. The molecule has 20 heavy (non-hydrogen) atoms. The van der Waals surface area contributed by atoms with Crippen LogP contribution in [0.5, 0.6) is 0 Å². The first kappa shape index (κ1) is 14.6. The van der Waals surface area contributed by atoms with E-state index in [-0.39, 0.29) is 11.6 Å². The second kappa shape index (κ2) is 6.57. The van der Waals surface area contributed by atoms with Crippen LogP contribution in [0.1, 0.15) is 28.9 Å². The zero-order chi connectivity index (χ0) is 14.5. The molecule has 2 nitrogen and oxygen atoms in total. The van der Waals surface area contributed by atoms with Crippen molar-refractivity contribution in [2.75, 3.05) is 6.26 Å². The monoisotopic (exact) mass is 289 g/mol. The van der Waals surface area contributed by atoms with Crippen molar-refractivity contribution in [2.45, 2.75) is 17.9 Å². The molecule has 0 aliphatic rings. The van der Waals surface area contributed by atoms with E-state index in [1.54, 1.807) is 23.9 Å². The smallest absolute Gasteiger partial charge is 0.254 e. The fourth-order valence-corrected chi connectivity index (χ4v) is 2.30. The van der Waals surface area contributed by atoms with Crippen molar-refractivity contribution in [1.82, 2.24) is 5.32 Å². The largest absolute Gasteiger partial charge is 0.345 e. The van der Waals surface area contributed by atoms with Gasteiger partial charge in [0.15, 0.2) is 0 Å². The van der Waals surface area contributed by atoms with Gasteiger partial charge in [-0.2, -0.15) is 0 Å². The Bertz CT molecular complexity index is 598. The quantitative estimate of drug-likeness (QED) is 0.861. The predicted octanol–water partition coefficient (Wildman–Crippen LogP) is 4.04. The Hall–Kier alpha value is -1.81. The van der Waals surface area contributed by atoms with Gasteiger partial charge in [-0.25, -0.2) is 4.39 Å². The lowest BCUT2D eigenvalue weighted by atomic mass is 10.1. The normalized spacial score (nSPS) is 11.9. The van der Waals surface area contributed by atoms with E-state index in [1.165, 1.54) is 17.0 Å². The second-order valence-corrected chi connectivity index (χ2v) is 5.33. The summed E-state index contributed by atoms with van der Waals surface area (Å²) in [4.78, 5) is 13.2. The molecule has 0 saturated carbocycles. The van der Waals surface area contributed by atoms with Crippen molar-refractivity contribution in [3.8, 4) is 0 Å². The average Bonchev–Trinajstić information content (AvgIpc) is 2.47. The van der Waals surface area contributed by atoms with Crippen LogP contribution in [-0.2, 0) is 0 Å². The fourth-order valence-electron chi connectivity index (χ4n) is 1.90. The van der Waals surface area contributed by atoms with Crippen molar-refractivity contribution >= 4 is 17.7 Å². The Kier molecular flexibility index (Phi) is 4.79. The molecule has 0 aliphatic carbocycles. The zero-order valence-electron chi connectivity index (χ0n) is 11.4. The maximum Gasteiger partial charge on any atom is 0.254 e. The van der Waals surface area contributed by atoms with Gasteiger partial charge in [0, 0.05) is 4.90 Å². The molecule has 0 heterocycles. The van der Waals surface area contributed by atoms with Crippen LogP contribution in [0.2, 0.25) is 0 Å². The average molecular weight is 289 g/mol. The van der Waals surface area contributed by atoms with Gasteiger partial charge in [-0.3, -0.25) is 4.79 Å². The first-order valence-corrected chi connectivity index (χ1v) is 7.53. The van der Waals surface area contributed by atoms with E-state index < -0.39 is 11.7 Å². The number of amides is 1. The third-order valence-corrected chi connectivity index (χ3v) is 3.83. The van der Waals surface area contributed by atoms with E-state index >= 15 is 0 Å². The van der Waals surface area contributed by atoms with Crippen molar-refractivity contribution in [3.05, 3.63) is 65.5 Å². The number of thioether (sulfide) groups is 1. The summed E-state index contributed by atoms with van der Waals surface area (Å²) in [5.41, 5.74) is 1.06. The predicted molar refractivity (Wildman–Crippen MR) is 80.5 cm³/mol. The lowest BCUT2D eigenvalue weighted by Gasteiger charge is -2.15. The SMILES string of the molecule is CSc1ccc([C@H](C)NC(=O)c2ccccc2F)cc1. The zero-order valence-corrected chi connectivity index (χ0v) is 12.2. The van der Waals surface area contributed by atoms with E-state index in [9.17, 15) is 9.18 Å². The van der Waals surface area contributed by atoms with Gasteiger partial charge in [0.1, 0.15) is 5.82 Å². The number of hydrogen-bond acceptors (Lipinski definition) is 2.